The second-order valence-electron chi connectivity index (χ2n) is 8.34. The van der Waals surface area contributed by atoms with Crippen molar-refractivity contribution in [3.63, 3.8) is 0 Å². The van der Waals surface area contributed by atoms with Gasteiger partial charge in [0.2, 0.25) is 10.0 Å². The molecule has 0 amide bonds. The summed E-state index contributed by atoms with van der Waals surface area (Å²) < 4.78 is 34.0. The molecule has 35 heavy (non-hydrogen) atoms. The summed E-state index contributed by atoms with van der Waals surface area (Å²) in [6.45, 7) is 3.87. The van der Waals surface area contributed by atoms with Crippen molar-refractivity contribution in [1.82, 2.24) is 4.72 Å². The molecule has 1 aliphatic rings. The molecule has 0 spiro atoms. The molecule has 1 N–H and O–H groups in total. The Labute approximate surface area is 220 Å². The zero-order valence-electron chi connectivity index (χ0n) is 19.1. The molecular formula is C25H24Cl3N3O3S. The molecule has 0 saturated heterocycles. The van der Waals surface area contributed by atoms with E-state index in [1.807, 2.05) is 38.1 Å². The maximum atomic E-state index is 12.9. The number of benzene rings is 3. The second kappa shape index (κ2) is 10.8. The molecule has 3 aromatic carbocycles. The number of ether oxygens (including phenoxy) is 1. The number of hydrogen-bond acceptors (Lipinski definition) is 5. The van der Waals surface area contributed by atoms with Crippen molar-refractivity contribution in [1.29, 1.82) is 0 Å². The third kappa shape index (κ3) is 6.29. The Morgan fingerprint density at radius 2 is 1.66 bits per heavy atom. The molecule has 184 valence electrons. The van der Waals surface area contributed by atoms with Crippen LogP contribution in [-0.4, -0.2) is 26.8 Å². The fourth-order valence-electron chi connectivity index (χ4n) is 3.74. The van der Waals surface area contributed by atoms with Crippen LogP contribution in [-0.2, 0) is 10.0 Å². The molecule has 0 fully saturated rings. The van der Waals surface area contributed by atoms with Crippen LogP contribution < -0.4 is 14.5 Å². The van der Waals surface area contributed by atoms with Crippen molar-refractivity contribution in [2.75, 3.05) is 11.6 Å². The average Bonchev–Trinajstić information content (AvgIpc) is 3.22. The summed E-state index contributed by atoms with van der Waals surface area (Å²) >= 11 is 18.6. The molecule has 0 radical (unpaired) electrons. The fourth-order valence-corrected chi connectivity index (χ4v) is 5.38. The molecule has 1 atom stereocenters. The minimum atomic E-state index is -3.74. The smallest absolute Gasteiger partial charge is 0.240 e. The summed E-state index contributed by atoms with van der Waals surface area (Å²) in [4.78, 5) is 0.152. The van der Waals surface area contributed by atoms with Gasteiger partial charge in [0.05, 0.1) is 40.0 Å². The summed E-state index contributed by atoms with van der Waals surface area (Å²) in [7, 11) is -3.74. The topological polar surface area (TPSA) is 71.0 Å². The monoisotopic (exact) mass is 551 g/mol. The summed E-state index contributed by atoms with van der Waals surface area (Å²) in [6.07, 6.45) is 0.506. The highest BCUT2D eigenvalue weighted by Crippen LogP contribution is 2.39. The Kier molecular flexibility index (Phi) is 7.93. The Morgan fingerprint density at radius 1 is 1.00 bits per heavy atom. The molecule has 1 unspecified atom stereocenters. The van der Waals surface area contributed by atoms with E-state index in [0.717, 1.165) is 5.56 Å². The third-order valence-corrected chi connectivity index (χ3v) is 7.56. The summed E-state index contributed by atoms with van der Waals surface area (Å²) in [6, 6.07) is 18.8. The first-order valence-corrected chi connectivity index (χ1v) is 13.6. The number of sulfonamides is 1. The number of hydrogen-bond donors (Lipinski definition) is 1. The molecule has 0 aliphatic carbocycles. The van der Waals surface area contributed by atoms with Gasteiger partial charge < -0.3 is 4.74 Å². The van der Waals surface area contributed by atoms with Gasteiger partial charge in [-0.1, -0.05) is 46.9 Å². The number of nitrogens with zero attached hydrogens (tertiary/aromatic N) is 2. The lowest BCUT2D eigenvalue weighted by atomic mass is 10.0. The summed E-state index contributed by atoms with van der Waals surface area (Å²) in [5.74, 6) is 0.611. The van der Waals surface area contributed by atoms with E-state index in [1.165, 1.54) is 12.1 Å². The van der Waals surface area contributed by atoms with Gasteiger partial charge in [-0.3, -0.25) is 5.01 Å². The second-order valence-corrected chi connectivity index (χ2v) is 11.4. The van der Waals surface area contributed by atoms with E-state index < -0.39 is 10.0 Å². The normalized spacial score (nSPS) is 16.0. The maximum Gasteiger partial charge on any atom is 0.240 e. The van der Waals surface area contributed by atoms with Crippen LogP contribution in [0.2, 0.25) is 15.1 Å². The Bertz CT molecular complexity index is 1330. The maximum absolute atomic E-state index is 12.9. The zero-order valence-corrected chi connectivity index (χ0v) is 22.2. The predicted molar refractivity (Wildman–Crippen MR) is 143 cm³/mol. The van der Waals surface area contributed by atoms with Gasteiger partial charge in [0.1, 0.15) is 5.75 Å². The third-order valence-electron chi connectivity index (χ3n) is 5.36. The summed E-state index contributed by atoms with van der Waals surface area (Å²) in [5.41, 5.74) is 2.32. The molecule has 10 heteroatoms. The van der Waals surface area contributed by atoms with Gasteiger partial charge in [-0.15, -0.1) is 0 Å². The van der Waals surface area contributed by atoms with Crippen LogP contribution in [0, 0.1) is 0 Å². The molecule has 3 aromatic rings. The Balaban J connectivity index is 1.55. The standard InChI is InChI=1S/C25H24Cl3N3O3S/c1-16(2)34-21-8-10-22(11-9-21)35(32,33)29-15-20-14-25(17-3-5-18(26)6-4-17)31(30-20)24-12-7-19(27)13-23(24)28/h3-13,16,25,29H,14-15H2,1-2H3. The summed E-state index contributed by atoms with van der Waals surface area (Å²) in [5, 5.41) is 8.10. The highest BCUT2D eigenvalue weighted by atomic mass is 35.5. The Hall–Kier alpha value is -2.29. The molecule has 1 aliphatic heterocycles. The minimum Gasteiger partial charge on any atom is -0.491 e. The largest absolute Gasteiger partial charge is 0.491 e. The quantitative estimate of drug-likeness (QED) is 0.337. The van der Waals surface area contributed by atoms with E-state index in [2.05, 4.69) is 4.72 Å². The highest BCUT2D eigenvalue weighted by molar-refractivity contribution is 7.89. The van der Waals surface area contributed by atoms with E-state index >= 15 is 0 Å². The molecule has 0 bridgehead atoms. The van der Waals surface area contributed by atoms with Crippen LogP contribution in [0.25, 0.3) is 0 Å². The van der Waals surface area contributed by atoms with E-state index in [1.54, 1.807) is 35.3 Å². The van der Waals surface area contributed by atoms with E-state index in [4.69, 9.17) is 44.6 Å². The Morgan fingerprint density at radius 3 is 2.29 bits per heavy atom. The van der Waals surface area contributed by atoms with Gasteiger partial charge in [-0.25, -0.2) is 13.1 Å². The fraction of sp³-hybridized carbons (Fsp3) is 0.240. The van der Waals surface area contributed by atoms with E-state index in [9.17, 15) is 8.42 Å². The highest BCUT2D eigenvalue weighted by Gasteiger charge is 2.31. The molecule has 0 saturated carbocycles. The first kappa shape index (κ1) is 25.8. The molecule has 4 rings (SSSR count). The van der Waals surface area contributed by atoms with Crippen LogP contribution in [0.1, 0.15) is 31.9 Å². The van der Waals surface area contributed by atoms with Gasteiger partial charge >= 0.3 is 0 Å². The average molecular weight is 553 g/mol. The SMILES string of the molecule is CC(C)Oc1ccc(S(=O)(=O)NCC2=NN(c3ccc(Cl)cc3Cl)C(c3ccc(Cl)cc3)C2)cc1. The molecule has 0 aromatic heterocycles. The van der Waals surface area contributed by atoms with Gasteiger partial charge in [0.15, 0.2) is 0 Å². The lowest BCUT2D eigenvalue weighted by Crippen LogP contribution is -2.29. The minimum absolute atomic E-state index is 0.00151. The van der Waals surface area contributed by atoms with Crippen molar-refractivity contribution in [3.8, 4) is 5.75 Å². The van der Waals surface area contributed by atoms with Gasteiger partial charge in [-0.05, 0) is 74.0 Å². The number of hydrazone groups is 1. The predicted octanol–water partition coefficient (Wildman–Crippen LogP) is 6.72. The molecular weight excluding hydrogens is 529 g/mol. The number of rotatable bonds is 8. The van der Waals surface area contributed by atoms with Crippen LogP contribution in [0.5, 0.6) is 5.75 Å². The molecule has 1 heterocycles. The number of anilines is 1. The number of nitrogens with one attached hydrogen (secondary N) is 1. The van der Waals surface area contributed by atoms with Crippen LogP contribution in [0.15, 0.2) is 76.7 Å². The van der Waals surface area contributed by atoms with Gasteiger partial charge in [0, 0.05) is 16.5 Å². The lowest BCUT2D eigenvalue weighted by molar-refractivity contribution is 0.242. The van der Waals surface area contributed by atoms with Crippen LogP contribution >= 0.6 is 34.8 Å². The van der Waals surface area contributed by atoms with Crippen LogP contribution in [0.4, 0.5) is 5.69 Å². The number of halogens is 3. The van der Waals surface area contributed by atoms with Crippen molar-refractivity contribution in [2.45, 2.75) is 37.3 Å². The van der Waals surface area contributed by atoms with Gasteiger partial charge in [0.25, 0.3) is 0 Å². The zero-order chi connectivity index (χ0) is 25.2. The lowest BCUT2D eigenvalue weighted by Gasteiger charge is -2.25. The first-order valence-electron chi connectivity index (χ1n) is 10.9. The van der Waals surface area contributed by atoms with E-state index in [0.29, 0.717) is 38.6 Å². The first-order chi connectivity index (χ1) is 16.6. The molecule has 6 nitrogen and oxygen atoms in total. The van der Waals surface area contributed by atoms with Crippen molar-refractivity contribution in [2.24, 2.45) is 5.10 Å². The van der Waals surface area contributed by atoms with Crippen molar-refractivity contribution in [3.05, 3.63) is 87.4 Å². The van der Waals surface area contributed by atoms with Gasteiger partial charge in [-0.2, -0.15) is 5.10 Å². The van der Waals surface area contributed by atoms with E-state index in [-0.39, 0.29) is 23.6 Å². The van der Waals surface area contributed by atoms with Crippen molar-refractivity contribution < 1.29 is 13.2 Å². The van der Waals surface area contributed by atoms with Crippen LogP contribution in [0.3, 0.4) is 0 Å². The van der Waals surface area contributed by atoms with Crippen molar-refractivity contribution >= 4 is 56.2 Å².